The van der Waals surface area contributed by atoms with Gasteiger partial charge in [-0.05, 0) is 61.4 Å². The number of nitrogens with zero attached hydrogens (tertiary/aromatic N) is 2. The lowest BCUT2D eigenvalue weighted by Gasteiger charge is -2.35. The second-order valence-corrected chi connectivity index (χ2v) is 10.9. The highest BCUT2D eigenvalue weighted by atomic mass is 32.2. The molecule has 0 atom stereocenters. The summed E-state index contributed by atoms with van der Waals surface area (Å²) in [6, 6.07) is 17.8. The molecule has 0 spiro atoms. The second kappa shape index (κ2) is 9.83. The van der Waals surface area contributed by atoms with Crippen molar-refractivity contribution >= 4 is 21.6 Å². The zero-order valence-corrected chi connectivity index (χ0v) is 21.2. The molecule has 8 nitrogen and oxygen atoms in total. The number of hydrogen-bond acceptors (Lipinski definition) is 6. The van der Waals surface area contributed by atoms with E-state index in [0.29, 0.717) is 24.3 Å². The Balaban J connectivity index is 1.22. The van der Waals surface area contributed by atoms with Gasteiger partial charge in [-0.15, -0.1) is 0 Å². The summed E-state index contributed by atoms with van der Waals surface area (Å²) in [5.41, 5.74) is 3.74. The molecule has 0 aromatic heterocycles. The number of fused-ring (bicyclic) bond motifs is 1. The average molecular weight is 508 g/mol. The lowest BCUT2D eigenvalue weighted by atomic mass is 10.1. The molecule has 9 heteroatoms. The van der Waals surface area contributed by atoms with E-state index in [2.05, 4.69) is 9.62 Å². The number of anilines is 1. The number of nitrogens with one attached hydrogen (secondary N) is 1. The third-order valence-electron chi connectivity index (χ3n) is 6.56. The number of carbonyl (C=O) groups is 1. The number of benzene rings is 3. The fraction of sp³-hybridized carbons (Fsp3) is 0.296. The van der Waals surface area contributed by atoms with E-state index < -0.39 is 10.0 Å². The standard InChI is InChI=1S/C27H29N3O5S/c1-19-3-8-23(9-4-19)36(32,33)28-24-16-22(7-5-20(24)2)27(31)30-13-11-29(12-14-30)17-21-6-10-25-26(15-21)35-18-34-25/h3-10,15-16,28H,11-14,17-18H2,1-2H3. The first kappa shape index (κ1) is 24.1. The molecule has 188 valence electrons. The smallest absolute Gasteiger partial charge is 0.261 e. The third-order valence-corrected chi connectivity index (χ3v) is 7.94. The monoisotopic (exact) mass is 507 g/mol. The summed E-state index contributed by atoms with van der Waals surface area (Å²) in [5.74, 6) is 1.44. The summed E-state index contributed by atoms with van der Waals surface area (Å²) in [6.07, 6.45) is 0. The van der Waals surface area contributed by atoms with Gasteiger partial charge in [-0.25, -0.2) is 8.42 Å². The molecule has 36 heavy (non-hydrogen) atoms. The summed E-state index contributed by atoms with van der Waals surface area (Å²) in [4.78, 5) is 17.5. The summed E-state index contributed by atoms with van der Waals surface area (Å²) < 4.78 is 39.2. The van der Waals surface area contributed by atoms with Crippen LogP contribution in [0.3, 0.4) is 0 Å². The van der Waals surface area contributed by atoms with Crippen LogP contribution in [0.25, 0.3) is 0 Å². The summed E-state index contributed by atoms with van der Waals surface area (Å²) >= 11 is 0. The molecule has 2 aliphatic rings. The van der Waals surface area contributed by atoms with E-state index in [0.717, 1.165) is 47.8 Å². The maximum absolute atomic E-state index is 13.2. The van der Waals surface area contributed by atoms with Crippen LogP contribution in [-0.2, 0) is 16.6 Å². The molecule has 1 saturated heterocycles. The van der Waals surface area contributed by atoms with Crippen LogP contribution in [0.1, 0.15) is 27.0 Å². The fourth-order valence-electron chi connectivity index (χ4n) is 4.38. The minimum Gasteiger partial charge on any atom is -0.454 e. The average Bonchev–Trinajstić information content (AvgIpc) is 3.34. The zero-order chi connectivity index (χ0) is 25.3. The van der Waals surface area contributed by atoms with Gasteiger partial charge in [-0.1, -0.05) is 29.8 Å². The van der Waals surface area contributed by atoms with Gasteiger partial charge in [-0.3, -0.25) is 14.4 Å². The topological polar surface area (TPSA) is 88.2 Å². The van der Waals surface area contributed by atoms with Gasteiger partial charge < -0.3 is 14.4 Å². The van der Waals surface area contributed by atoms with Gasteiger partial charge in [0, 0.05) is 38.3 Å². The lowest BCUT2D eigenvalue weighted by molar-refractivity contribution is 0.0628. The maximum Gasteiger partial charge on any atom is 0.261 e. The molecule has 1 N–H and O–H groups in total. The first-order valence-electron chi connectivity index (χ1n) is 11.9. The van der Waals surface area contributed by atoms with Gasteiger partial charge in [0.15, 0.2) is 11.5 Å². The fourth-order valence-corrected chi connectivity index (χ4v) is 5.50. The molecular formula is C27H29N3O5S. The van der Waals surface area contributed by atoms with Gasteiger partial charge in [0.2, 0.25) is 6.79 Å². The molecule has 0 aliphatic carbocycles. The van der Waals surface area contributed by atoms with E-state index in [1.165, 1.54) is 0 Å². The molecule has 0 saturated carbocycles. The van der Waals surface area contributed by atoms with Crippen LogP contribution in [0, 0.1) is 13.8 Å². The van der Waals surface area contributed by atoms with Crippen molar-refractivity contribution in [3.8, 4) is 11.5 Å². The first-order chi connectivity index (χ1) is 17.3. The molecule has 2 aliphatic heterocycles. The molecule has 5 rings (SSSR count). The Morgan fingerprint density at radius 2 is 1.61 bits per heavy atom. The molecule has 2 heterocycles. The highest BCUT2D eigenvalue weighted by Gasteiger charge is 2.24. The number of rotatable bonds is 6. The van der Waals surface area contributed by atoms with Gasteiger partial charge in [0.05, 0.1) is 10.6 Å². The summed E-state index contributed by atoms with van der Waals surface area (Å²) in [5, 5.41) is 0. The Labute approximate surface area is 211 Å². The number of aryl methyl sites for hydroxylation is 2. The summed E-state index contributed by atoms with van der Waals surface area (Å²) in [7, 11) is -3.76. The molecule has 1 fully saturated rings. The Morgan fingerprint density at radius 1 is 0.889 bits per heavy atom. The highest BCUT2D eigenvalue weighted by Crippen LogP contribution is 2.33. The molecule has 0 radical (unpaired) electrons. The first-order valence-corrected chi connectivity index (χ1v) is 13.4. The number of ether oxygens (including phenoxy) is 2. The molecule has 0 unspecified atom stereocenters. The van der Waals surface area contributed by atoms with Crippen molar-refractivity contribution in [3.63, 3.8) is 0 Å². The number of piperazine rings is 1. The van der Waals surface area contributed by atoms with Crippen molar-refractivity contribution < 1.29 is 22.7 Å². The Hall–Kier alpha value is -3.56. The van der Waals surface area contributed by atoms with Crippen LogP contribution in [0.2, 0.25) is 0 Å². The van der Waals surface area contributed by atoms with E-state index >= 15 is 0 Å². The van der Waals surface area contributed by atoms with Gasteiger partial charge in [-0.2, -0.15) is 0 Å². The van der Waals surface area contributed by atoms with E-state index in [9.17, 15) is 13.2 Å². The Morgan fingerprint density at radius 3 is 2.36 bits per heavy atom. The van der Waals surface area contributed by atoms with E-state index in [-0.39, 0.29) is 17.6 Å². The van der Waals surface area contributed by atoms with Crippen molar-refractivity contribution in [2.24, 2.45) is 0 Å². The number of carbonyl (C=O) groups excluding carboxylic acids is 1. The molecular weight excluding hydrogens is 478 g/mol. The van der Waals surface area contributed by atoms with Crippen molar-refractivity contribution in [3.05, 3.63) is 82.9 Å². The number of hydrogen-bond donors (Lipinski definition) is 1. The quantitative estimate of drug-likeness (QED) is 0.546. The minimum absolute atomic E-state index is 0.103. The van der Waals surface area contributed by atoms with E-state index in [4.69, 9.17) is 9.47 Å². The Kier molecular flexibility index (Phi) is 6.59. The van der Waals surface area contributed by atoms with Crippen LogP contribution in [0.15, 0.2) is 65.6 Å². The van der Waals surface area contributed by atoms with E-state index in [1.807, 2.05) is 36.9 Å². The van der Waals surface area contributed by atoms with Crippen LogP contribution < -0.4 is 14.2 Å². The lowest BCUT2D eigenvalue weighted by Crippen LogP contribution is -2.48. The maximum atomic E-state index is 13.2. The SMILES string of the molecule is Cc1ccc(S(=O)(=O)Nc2cc(C(=O)N3CCN(Cc4ccc5c(c4)OCO5)CC3)ccc2C)cc1. The molecule has 1 amide bonds. The van der Waals surface area contributed by atoms with Crippen LogP contribution in [-0.4, -0.2) is 57.1 Å². The number of sulfonamides is 1. The van der Waals surface area contributed by atoms with Crippen molar-refractivity contribution in [1.82, 2.24) is 9.80 Å². The van der Waals surface area contributed by atoms with Crippen molar-refractivity contribution in [1.29, 1.82) is 0 Å². The van der Waals surface area contributed by atoms with Crippen LogP contribution in [0.4, 0.5) is 5.69 Å². The predicted octanol–water partition coefficient (Wildman–Crippen LogP) is 3.79. The van der Waals surface area contributed by atoms with Crippen molar-refractivity contribution in [2.45, 2.75) is 25.3 Å². The second-order valence-electron chi connectivity index (χ2n) is 9.20. The highest BCUT2D eigenvalue weighted by molar-refractivity contribution is 7.92. The van der Waals surface area contributed by atoms with Crippen molar-refractivity contribution in [2.75, 3.05) is 37.7 Å². The normalized spacial score (nSPS) is 15.7. The molecule has 0 bridgehead atoms. The molecule has 3 aromatic rings. The largest absolute Gasteiger partial charge is 0.454 e. The predicted molar refractivity (Wildman–Crippen MR) is 137 cm³/mol. The van der Waals surface area contributed by atoms with Crippen LogP contribution in [0.5, 0.6) is 11.5 Å². The van der Waals surface area contributed by atoms with Gasteiger partial charge >= 0.3 is 0 Å². The zero-order valence-electron chi connectivity index (χ0n) is 20.4. The van der Waals surface area contributed by atoms with Gasteiger partial charge in [0.25, 0.3) is 15.9 Å². The minimum atomic E-state index is -3.76. The van der Waals surface area contributed by atoms with Gasteiger partial charge in [0.1, 0.15) is 0 Å². The molecule has 3 aromatic carbocycles. The van der Waals surface area contributed by atoms with E-state index in [1.54, 1.807) is 42.5 Å². The summed E-state index contributed by atoms with van der Waals surface area (Å²) in [6.45, 7) is 7.44. The third kappa shape index (κ3) is 5.17. The van der Waals surface area contributed by atoms with Crippen LogP contribution >= 0.6 is 0 Å². The number of amides is 1. The Bertz CT molecular complexity index is 1380.